The highest BCUT2D eigenvalue weighted by Gasteiger charge is 2.41. The van der Waals surface area contributed by atoms with Gasteiger partial charge in [0.15, 0.2) is 5.82 Å². The van der Waals surface area contributed by atoms with E-state index in [9.17, 15) is 0 Å². The average Bonchev–Trinajstić information content (AvgIpc) is 1.56. The Labute approximate surface area is 757 Å². The molecule has 4 heterocycles. The first-order chi connectivity index (χ1) is 63.9. The number of pyridine rings is 3. The van der Waals surface area contributed by atoms with Crippen molar-refractivity contribution in [1.82, 2.24) is 24.9 Å². The molecule has 2 aliphatic carbocycles. The van der Waals surface area contributed by atoms with Crippen molar-refractivity contribution in [2.24, 2.45) is 0 Å². The van der Waals surface area contributed by atoms with Crippen molar-refractivity contribution >= 4 is 43.4 Å². The van der Waals surface area contributed by atoms with Crippen LogP contribution < -0.4 is 0 Å². The summed E-state index contributed by atoms with van der Waals surface area (Å²) in [7, 11) is 0. The van der Waals surface area contributed by atoms with Crippen molar-refractivity contribution in [2.75, 3.05) is 0 Å². The molecular weight excluding hydrogens is 1570 g/mol. The molecule has 0 atom stereocenters. The van der Waals surface area contributed by atoms with E-state index in [-0.39, 0.29) is 10.8 Å². The highest BCUT2D eigenvalue weighted by molar-refractivity contribution is 6.05. The second-order valence-electron chi connectivity index (χ2n) is 35.4. The SMILES string of the molecule is CC1(C)c2ccccc2-c2nc3ccccc3c(-c3ccc(-c4ccc5cc(-c6cc(-c7ccc(-c8ccccc8)cc7)cc(-c7ccc(-c8ccccc8)cc7)n6)ccc5c4)cc3)c21.CC1(C)c2ccccc2-c2nc3ccccc3c(-c3ccc(-c4ccc5cc(-c6cc(-c7ccc(-c8ccccc8)cc7)nc(-c7ccc(-c8ccccc8)cc7)n6)ccc5c4)cc3)c21. The van der Waals surface area contributed by atoms with Gasteiger partial charge in [0.05, 0.1) is 45.2 Å². The van der Waals surface area contributed by atoms with Gasteiger partial charge in [-0.3, -0.25) is 0 Å². The van der Waals surface area contributed by atoms with Crippen LogP contribution in [0.2, 0.25) is 0 Å². The minimum Gasteiger partial charge on any atom is -0.248 e. The molecule has 0 N–H and O–H groups in total. The molecule has 130 heavy (non-hydrogen) atoms. The fourth-order valence-electron chi connectivity index (χ4n) is 19.9. The van der Waals surface area contributed by atoms with Crippen LogP contribution in [-0.2, 0) is 10.8 Å². The lowest BCUT2D eigenvalue weighted by Crippen LogP contribution is -2.16. The standard InChI is InChI=1S/C63H44N2.C62H43N3/c1-63(2)56-19-11-9-17-54(56)62-61(63)60(55-18-10-12-20-57(55)65-62)48-31-27-45(28-32-48)49-33-34-51-38-52(36-35-50(51)37-49)59-40-53(46-23-21-43(22-24-46)41-13-5-3-6-14-41)39-58(64-59)47-29-25-44(26-30-47)42-15-7-4-8-16-42;1-62(2)54-19-11-9-17-52(54)60-59(62)58(53-18-10-12-20-55(53)63-60)46-29-23-44(24-30-46)48-33-34-50-38-51(36-35-49(50)37-48)57-39-56(45-27-21-42(22-28-45)40-13-5-3-6-14-40)64-61(65-57)47-31-25-43(26-32-47)41-15-7-4-8-16-41/h3-40H,1-2H3;3-39H,1-2H3. The monoisotopic (exact) mass is 1660 g/mol. The lowest BCUT2D eigenvalue weighted by Gasteiger charge is -2.25. The van der Waals surface area contributed by atoms with Gasteiger partial charge in [0, 0.05) is 60.5 Å². The Morgan fingerprint density at radius 3 is 0.800 bits per heavy atom. The van der Waals surface area contributed by atoms with Crippen LogP contribution in [-0.4, -0.2) is 24.9 Å². The zero-order valence-electron chi connectivity index (χ0n) is 72.5. The fraction of sp³-hybridized carbons (Fsp3) is 0.0480. The van der Waals surface area contributed by atoms with Gasteiger partial charge in [-0.25, -0.2) is 24.9 Å². The van der Waals surface area contributed by atoms with E-state index in [0.717, 1.165) is 95.1 Å². The van der Waals surface area contributed by atoms with E-state index >= 15 is 0 Å². The van der Waals surface area contributed by atoms with Crippen molar-refractivity contribution in [3.63, 3.8) is 0 Å². The molecule has 18 aromatic carbocycles. The normalized spacial score (nSPS) is 12.6. The van der Waals surface area contributed by atoms with Gasteiger partial charge in [-0.2, -0.15) is 0 Å². The topological polar surface area (TPSA) is 64.5 Å². The van der Waals surface area contributed by atoms with Crippen LogP contribution in [0.25, 0.3) is 222 Å². The van der Waals surface area contributed by atoms with Gasteiger partial charge >= 0.3 is 0 Å². The fourth-order valence-corrected chi connectivity index (χ4v) is 19.9. The number of benzene rings is 18. The number of nitrogens with zero attached hydrogens (tertiary/aromatic N) is 5. The van der Waals surface area contributed by atoms with Gasteiger partial charge < -0.3 is 0 Å². The Balaban J connectivity index is 0.000000148. The van der Waals surface area contributed by atoms with Crippen LogP contribution in [0, 0.1) is 0 Å². The summed E-state index contributed by atoms with van der Waals surface area (Å²) in [5.41, 5.74) is 42.0. The van der Waals surface area contributed by atoms with Crippen LogP contribution in [0.4, 0.5) is 0 Å². The van der Waals surface area contributed by atoms with Gasteiger partial charge in [-0.15, -0.1) is 0 Å². The summed E-state index contributed by atoms with van der Waals surface area (Å²) >= 11 is 0. The van der Waals surface area contributed by atoms with Crippen molar-refractivity contribution in [1.29, 1.82) is 0 Å². The Bertz CT molecular complexity index is 7430. The maximum Gasteiger partial charge on any atom is 0.160 e. The molecule has 0 saturated heterocycles. The first kappa shape index (κ1) is 78.3. The quantitative estimate of drug-likeness (QED) is 0.109. The summed E-state index contributed by atoms with van der Waals surface area (Å²) in [6.07, 6.45) is 0. The second kappa shape index (κ2) is 32.5. The zero-order chi connectivity index (χ0) is 87.0. The third kappa shape index (κ3) is 14.4. The third-order valence-electron chi connectivity index (χ3n) is 26.7. The smallest absolute Gasteiger partial charge is 0.160 e. The highest BCUT2D eigenvalue weighted by atomic mass is 14.9. The van der Waals surface area contributed by atoms with Crippen molar-refractivity contribution in [2.45, 2.75) is 38.5 Å². The highest BCUT2D eigenvalue weighted by Crippen LogP contribution is 2.56. The van der Waals surface area contributed by atoms with Crippen LogP contribution in [0.3, 0.4) is 0 Å². The van der Waals surface area contributed by atoms with Gasteiger partial charge in [0.2, 0.25) is 0 Å². The molecule has 0 spiro atoms. The number of hydrogen-bond acceptors (Lipinski definition) is 5. The molecule has 4 aromatic heterocycles. The Morgan fingerprint density at radius 1 is 0.169 bits per heavy atom. The molecule has 5 heteroatoms. The number of fused-ring (bicyclic) bond motifs is 10. The molecule has 5 nitrogen and oxygen atoms in total. The molecule has 22 aromatic rings. The van der Waals surface area contributed by atoms with E-state index in [0.29, 0.717) is 5.82 Å². The molecule has 24 rings (SSSR count). The molecule has 0 bridgehead atoms. The molecular formula is C125H87N5. The number of hydrogen-bond donors (Lipinski definition) is 0. The number of aromatic nitrogens is 5. The van der Waals surface area contributed by atoms with Crippen molar-refractivity contribution in [3.05, 3.63) is 477 Å². The van der Waals surface area contributed by atoms with E-state index in [1.165, 1.54) is 144 Å². The zero-order valence-corrected chi connectivity index (χ0v) is 72.5. The predicted octanol–water partition coefficient (Wildman–Crippen LogP) is 32.9. The summed E-state index contributed by atoms with van der Waals surface area (Å²) < 4.78 is 0. The largest absolute Gasteiger partial charge is 0.248 e. The van der Waals surface area contributed by atoms with Crippen molar-refractivity contribution < 1.29 is 0 Å². The summed E-state index contributed by atoms with van der Waals surface area (Å²) in [4.78, 5) is 26.2. The number of rotatable bonds is 14. The Morgan fingerprint density at radius 2 is 0.423 bits per heavy atom. The summed E-state index contributed by atoms with van der Waals surface area (Å²) in [5.74, 6) is 0.695. The molecule has 0 radical (unpaired) electrons. The van der Waals surface area contributed by atoms with Crippen LogP contribution in [0.1, 0.15) is 49.9 Å². The van der Waals surface area contributed by atoms with E-state index < -0.39 is 0 Å². The van der Waals surface area contributed by atoms with Crippen molar-refractivity contribution in [3.8, 4) is 179 Å². The Hall–Kier alpha value is -16.5. The molecule has 0 aliphatic heterocycles. The second-order valence-corrected chi connectivity index (χ2v) is 35.4. The van der Waals surface area contributed by atoms with E-state index in [4.69, 9.17) is 24.9 Å². The molecule has 0 fully saturated rings. The van der Waals surface area contributed by atoms with Crippen LogP contribution >= 0.6 is 0 Å². The van der Waals surface area contributed by atoms with Crippen LogP contribution in [0.5, 0.6) is 0 Å². The van der Waals surface area contributed by atoms with Gasteiger partial charge in [-0.1, -0.05) is 428 Å². The van der Waals surface area contributed by atoms with E-state index in [1.807, 2.05) is 12.1 Å². The molecule has 0 unspecified atom stereocenters. The molecule has 0 saturated carbocycles. The van der Waals surface area contributed by atoms with Gasteiger partial charge in [0.1, 0.15) is 0 Å². The van der Waals surface area contributed by atoms with Crippen LogP contribution in [0.15, 0.2) is 455 Å². The maximum absolute atomic E-state index is 5.33. The predicted molar refractivity (Wildman–Crippen MR) is 543 cm³/mol. The summed E-state index contributed by atoms with van der Waals surface area (Å²) in [5, 5.41) is 7.08. The molecule has 2 aliphatic rings. The average molecular weight is 1660 g/mol. The lowest BCUT2D eigenvalue weighted by atomic mass is 9.78. The summed E-state index contributed by atoms with van der Waals surface area (Å²) in [6, 6.07) is 163. The van der Waals surface area contributed by atoms with E-state index in [1.54, 1.807) is 0 Å². The minimum absolute atomic E-state index is 0.172. The first-order valence-electron chi connectivity index (χ1n) is 44.8. The lowest BCUT2D eigenvalue weighted by molar-refractivity contribution is 0.661. The van der Waals surface area contributed by atoms with Gasteiger partial charge in [-0.05, 0) is 199 Å². The minimum atomic E-state index is -0.175. The molecule has 612 valence electrons. The maximum atomic E-state index is 5.33. The molecule has 0 amide bonds. The van der Waals surface area contributed by atoms with E-state index in [2.05, 4.69) is 471 Å². The first-order valence-corrected chi connectivity index (χ1v) is 44.8. The van der Waals surface area contributed by atoms with Gasteiger partial charge in [0.25, 0.3) is 0 Å². The summed E-state index contributed by atoms with van der Waals surface area (Å²) in [6.45, 7) is 9.36. The third-order valence-corrected chi connectivity index (χ3v) is 26.7. The Kier molecular flexibility index (Phi) is 19.6. The number of para-hydroxylation sites is 2.